The van der Waals surface area contributed by atoms with E-state index in [0.29, 0.717) is 5.56 Å². The molecule has 3 rings (SSSR count). The van der Waals surface area contributed by atoms with E-state index in [-0.39, 0.29) is 5.84 Å². The molecular formula is C14H14N4O. The number of hydrogen-bond acceptors (Lipinski definition) is 4. The van der Waals surface area contributed by atoms with Crippen LogP contribution in [0.25, 0.3) is 0 Å². The van der Waals surface area contributed by atoms with Crippen LogP contribution in [-0.2, 0) is 13.1 Å². The Morgan fingerprint density at radius 1 is 1.21 bits per heavy atom. The van der Waals surface area contributed by atoms with Crippen molar-refractivity contribution >= 4 is 11.7 Å². The average molecular weight is 254 g/mol. The number of nitrogens with zero attached hydrogens (tertiary/aromatic N) is 3. The third-order valence-electron chi connectivity index (χ3n) is 3.31. The predicted octanol–water partition coefficient (Wildman–Crippen LogP) is 1.70. The molecule has 1 aromatic heterocycles. The fraction of sp³-hybridized carbons (Fsp3) is 0.143. The molecule has 0 radical (unpaired) electrons. The van der Waals surface area contributed by atoms with Gasteiger partial charge in [-0.25, -0.2) is 4.98 Å². The molecule has 0 spiro atoms. The first-order chi connectivity index (χ1) is 9.28. The molecular weight excluding hydrogens is 240 g/mol. The number of hydrogen-bond donors (Lipinski definition) is 2. The van der Waals surface area contributed by atoms with Gasteiger partial charge in [0.05, 0.1) is 0 Å². The van der Waals surface area contributed by atoms with Gasteiger partial charge in [0.25, 0.3) is 0 Å². The van der Waals surface area contributed by atoms with Crippen LogP contribution in [0.5, 0.6) is 0 Å². The molecule has 0 atom stereocenters. The highest BCUT2D eigenvalue weighted by molar-refractivity contribution is 5.97. The van der Waals surface area contributed by atoms with Crippen LogP contribution in [0.3, 0.4) is 0 Å². The monoisotopic (exact) mass is 254 g/mol. The maximum Gasteiger partial charge on any atom is 0.170 e. The summed E-state index contributed by atoms with van der Waals surface area (Å²) >= 11 is 0. The molecule has 1 aliphatic heterocycles. The highest BCUT2D eigenvalue weighted by Crippen LogP contribution is 2.26. The van der Waals surface area contributed by atoms with E-state index < -0.39 is 0 Å². The first-order valence-electron chi connectivity index (χ1n) is 6.03. The van der Waals surface area contributed by atoms with E-state index in [1.165, 1.54) is 11.1 Å². The topological polar surface area (TPSA) is 74.7 Å². The molecule has 2 aromatic rings. The van der Waals surface area contributed by atoms with Crippen molar-refractivity contribution in [1.82, 2.24) is 4.98 Å². The molecule has 0 aliphatic carbocycles. The highest BCUT2D eigenvalue weighted by atomic mass is 16.4. The van der Waals surface area contributed by atoms with E-state index in [0.717, 1.165) is 18.9 Å². The minimum Gasteiger partial charge on any atom is -0.409 e. The Labute approximate surface area is 111 Å². The zero-order valence-corrected chi connectivity index (χ0v) is 10.3. The highest BCUT2D eigenvalue weighted by Gasteiger charge is 2.19. The van der Waals surface area contributed by atoms with Gasteiger partial charge in [-0.1, -0.05) is 29.4 Å². The molecule has 0 bridgehead atoms. The van der Waals surface area contributed by atoms with Gasteiger partial charge in [-0.2, -0.15) is 0 Å². The molecule has 0 fully saturated rings. The van der Waals surface area contributed by atoms with E-state index in [1.54, 1.807) is 12.3 Å². The lowest BCUT2D eigenvalue weighted by molar-refractivity contribution is 0.318. The van der Waals surface area contributed by atoms with E-state index >= 15 is 0 Å². The van der Waals surface area contributed by atoms with Gasteiger partial charge in [-0.3, -0.25) is 0 Å². The van der Waals surface area contributed by atoms with Crippen molar-refractivity contribution < 1.29 is 5.21 Å². The normalized spacial score (nSPS) is 14.5. The summed E-state index contributed by atoms with van der Waals surface area (Å²) in [5.74, 6) is 0.931. The number of amidine groups is 1. The zero-order valence-electron chi connectivity index (χ0n) is 10.3. The minimum absolute atomic E-state index is 0.0976. The summed E-state index contributed by atoms with van der Waals surface area (Å²) in [6, 6.07) is 11.9. The number of fused-ring (bicyclic) bond motifs is 1. The van der Waals surface area contributed by atoms with Crippen molar-refractivity contribution in [1.29, 1.82) is 0 Å². The van der Waals surface area contributed by atoms with Gasteiger partial charge in [0.2, 0.25) is 0 Å². The van der Waals surface area contributed by atoms with Crippen LogP contribution < -0.4 is 10.6 Å². The lowest BCUT2D eigenvalue weighted by Crippen LogP contribution is -2.18. The van der Waals surface area contributed by atoms with Crippen LogP contribution in [0.15, 0.2) is 47.8 Å². The number of rotatable bonds is 2. The van der Waals surface area contributed by atoms with Crippen LogP contribution in [0.2, 0.25) is 0 Å². The molecule has 3 N–H and O–H groups in total. The van der Waals surface area contributed by atoms with Crippen molar-refractivity contribution in [2.75, 3.05) is 4.90 Å². The minimum atomic E-state index is 0.0976. The summed E-state index contributed by atoms with van der Waals surface area (Å²) in [6.45, 7) is 1.67. The summed E-state index contributed by atoms with van der Waals surface area (Å²) in [5.41, 5.74) is 8.91. The lowest BCUT2D eigenvalue weighted by Gasteiger charge is -2.16. The molecule has 5 nitrogen and oxygen atoms in total. The molecule has 0 saturated heterocycles. The van der Waals surface area contributed by atoms with Gasteiger partial charge in [-0.05, 0) is 23.3 Å². The van der Waals surface area contributed by atoms with Crippen molar-refractivity contribution in [2.24, 2.45) is 10.9 Å². The molecule has 1 aliphatic rings. The molecule has 5 heteroatoms. The largest absolute Gasteiger partial charge is 0.409 e. The van der Waals surface area contributed by atoms with E-state index in [4.69, 9.17) is 10.9 Å². The van der Waals surface area contributed by atoms with Crippen LogP contribution >= 0.6 is 0 Å². The summed E-state index contributed by atoms with van der Waals surface area (Å²) in [7, 11) is 0. The van der Waals surface area contributed by atoms with Gasteiger partial charge in [0.1, 0.15) is 5.82 Å². The van der Waals surface area contributed by atoms with E-state index in [1.807, 2.05) is 18.2 Å². The number of benzene rings is 1. The third kappa shape index (κ3) is 2.10. The maximum absolute atomic E-state index is 8.72. The molecule has 19 heavy (non-hydrogen) atoms. The molecule has 0 unspecified atom stereocenters. The van der Waals surface area contributed by atoms with E-state index in [2.05, 4.69) is 27.2 Å². The third-order valence-corrected chi connectivity index (χ3v) is 3.31. The van der Waals surface area contributed by atoms with Crippen molar-refractivity contribution in [3.63, 3.8) is 0 Å². The smallest absolute Gasteiger partial charge is 0.170 e. The Balaban J connectivity index is 1.89. The number of aromatic nitrogens is 1. The first-order valence-corrected chi connectivity index (χ1v) is 6.03. The number of anilines is 1. The van der Waals surface area contributed by atoms with Crippen molar-refractivity contribution in [3.8, 4) is 0 Å². The molecule has 1 aromatic carbocycles. The number of pyridine rings is 1. The molecule has 0 amide bonds. The Hall–Kier alpha value is -2.56. The standard InChI is InChI=1S/C14H14N4O/c15-14(17-19)10-5-6-16-13(7-10)18-8-11-3-1-2-4-12(11)9-18/h1-7,19H,8-9H2,(H2,15,17). The molecule has 2 heterocycles. The summed E-state index contributed by atoms with van der Waals surface area (Å²) in [5, 5.41) is 11.7. The van der Waals surface area contributed by atoms with Crippen LogP contribution in [-0.4, -0.2) is 16.0 Å². The summed E-state index contributed by atoms with van der Waals surface area (Å²) < 4.78 is 0. The van der Waals surface area contributed by atoms with Gasteiger partial charge >= 0.3 is 0 Å². The van der Waals surface area contributed by atoms with Gasteiger partial charge in [0.15, 0.2) is 5.84 Å². The Morgan fingerprint density at radius 2 is 1.89 bits per heavy atom. The number of nitrogens with two attached hydrogens (primary N) is 1. The Bertz CT molecular complexity index is 614. The molecule has 96 valence electrons. The Morgan fingerprint density at radius 3 is 2.53 bits per heavy atom. The van der Waals surface area contributed by atoms with E-state index in [9.17, 15) is 0 Å². The summed E-state index contributed by atoms with van der Waals surface area (Å²) in [6.07, 6.45) is 1.67. The fourth-order valence-electron chi connectivity index (χ4n) is 2.30. The van der Waals surface area contributed by atoms with Crippen molar-refractivity contribution in [3.05, 3.63) is 59.3 Å². The number of oxime groups is 1. The second kappa shape index (κ2) is 4.61. The maximum atomic E-state index is 8.72. The molecule has 0 saturated carbocycles. The van der Waals surface area contributed by atoms with Gasteiger partial charge in [0, 0.05) is 24.8 Å². The second-order valence-electron chi connectivity index (χ2n) is 4.51. The average Bonchev–Trinajstić information content (AvgIpc) is 2.90. The van der Waals surface area contributed by atoms with Crippen LogP contribution in [0, 0.1) is 0 Å². The van der Waals surface area contributed by atoms with Gasteiger partial charge < -0.3 is 15.8 Å². The van der Waals surface area contributed by atoms with Gasteiger partial charge in [-0.15, -0.1) is 0 Å². The first kappa shape index (κ1) is 11.5. The zero-order chi connectivity index (χ0) is 13.2. The fourth-order valence-corrected chi connectivity index (χ4v) is 2.30. The summed E-state index contributed by atoms with van der Waals surface area (Å²) in [4.78, 5) is 6.52. The second-order valence-corrected chi connectivity index (χ2v) is 4.51. The SMILES string of the molecule is NC(=NO)c1ccnc(N2Cc3ccccc3C2)c1. The van der Waals surface area contributed by atoms with Crippen molar-refractivity contribution in [2.45, 2.75) is 13.1 Å². The predicted molar refractivity (Wildman–Crippen MR) is 73.1 cm³/mol. The Kier molecular flexibility index (Phi) is 2.79. The van der Waals surface area contributed by atoms with Crippen LogP contribution in [0.4, 0.5) is 5.82 Å². The van der Waals surface area contributed by atoms with Crippen LogP contribution in [0.1, 0.15) is 16.7 Å². The quantitative estimate of drug-likeness (QED) is 0.370. The lowest BCUT2D eigenvalue weighted by atomic mass is 10.1.